The van der Waals surface area contributed by atoms with Gasteiger partial charge in [-0.1, -0.05) is 39.3 Å². The van der Waals surface area contributed by atoms with Crippen LogP contribution >= 0.6 is 0 Å². The Morgan fingerprint density at radius 3 is 2.57 bits per heavy atom. The zero-order chi connectivity index (χ0) is 16.7. The highest BCUT2D eigenvalue weighted by Crippen LogP contribution is 2.19. The molecular formula is C18H24N4O. The largest absolute Gasteiger partial charge is 0.351 e. The lowest BCUT2D eigenvalue weighted by atomic mass is 10.0. The second-order valence-electron chi connectivity index (χ2n) is 5.80. The van der Waals surface area contributed by atoms with Gasteiger partial charge in [-0.15, -0.1) is 0 Å². The first-order valence-electron chi connectivity index (χ1n) is 8.07. The van der Waals surface area contributed by atoms with Crippen molar-refractivity contribution in [2.45, 2.75) is 39.5 Å². The third-order valence-corrected chi connectivity index (χ3v) is 3.57. The van der Waals surface area contributed by atoms with Crippen LogP contribution in [0, 0.1) is 0 Å². The number of rotatable bonds is 7. The highest BCUT2D eigenvalue weighted by atomic mass is 16.1. The Hall–Kier alpha value is -2.43. The molecule has 122 valence electrons. The lowest BCUT2D eigenvalue weighted by molar-refractivity contribution is 0.0948. The molecule has 2 rings (SSSR count). The van der Waals surface area contributed by atoms with E-state index in [4.69, 9.17) is 0 Å². The summed E-state index contributed by atoms with van der Waals surface area (Å²) < 4.78 is 0. The number of carbonyl (C=O) groups excluding carboxylic acids is 1. The number of aromatic nitrogens is 2. The van der Waals surface area contributed by atoms with Gasteiger partial charge in [-0.25, -0.2) is 9.97 Å². The van der Waals surface area contributed by atoms with Crippen LogP contribution in [-0.2, 0) is 0 Å². The van der Waals surface area contributed by atoms with E-state index in [0.29, 0.717) is 24.0 Å². The standard InChI is InChI=1S/C18H24N4O/c1-4-5-10-19-18(23)16-11-17(21-12-20-16)22-15-8-6-14(7-9-15)13(2)3/h6-9,11-13H,4-5,10H2,1-3H3,(H,19,23)(H,20,21,22). The van der Waals surface area contributed by atoms with Gasteiger partial charge in [0.2, 0.25) is 0 Å². The van der Waals surface area contributed by atoms with Gasteiger partial charge in [-0.05, 0) is 30.0 Å². The molecule has 0 saturated carbocycles. The predicted octanol–water partition coefficient (Wildman–Crippen LogP) is 3.87. The van der Waals surface area contributed by atoms with Crippen LogP contribution < -0.4 is 10.6 Å². The smallest absolute Gasteiger partial charge is 0.270 e. The molecule has 0 spiro atoms. The molecule has 5 heteroatoms. The summed E-state index contributed by atoms with van der Waals surface area (Å²) in [6, 6.07) is 9.87. The van der Waals surface area contributed by atoms with E-state index < -0.39 is 0 Å². The molecule has 23 heavy (non-hydrogen) atoms. The molecule has 0 atom stereocenters. The summed E-state index contributed by atoms with van der Waals surface area (Å²) in [5, 5.41) is 6.06. The fourth-order valence-electron chi connectivity index (χ4n) is 2.12. The van der Waals surface area contributed by atoms with Gasteiger partial charge >= 0.3 is 0 Å². The maximum Gasteiger partial charge on any atom is 0.270 e. The van der Waals surface area contributed by atoms with E-state index in [9.17, 15) is 4.79 Å². The van der Waals surface area contributed by atoms with Crippen LogP contribution in [0.3, 0.4) is 0 Å². The lowest BCUT2D eigenvalue weighted by Gasteiger charge is -2.09. The molecule has 1 aromatic heterocycles. The van der Waals surface area contributed by atoms with Crippen LogP contribution in [0.1, 0.15) is 55.6 Å². The summed E-state index contributed by atoms with van der Waals surface area (Å²) >= 11 is 0. The number of anilines is 2. The molecule has 0 saturated heterocycles. The molecule has 0 bridgehead atoms. The maximum atomic E-state index is 12.0. The first-order chi connectivity index (χ1) is 11.1. The van der Waals surface area contributed by atoms with Crippen molar-refractivity contribution in [1.29, 1.82) is 0 Å². The van der Waals surface area contributed by atoms with Gasteiger partial charge < -0.3 is 10.6 Å². The topological polar surface area (TPSA) is 66.9 Å². The molecule has 0 aliphatic carbocycles. The van der Waals surface area contributed by atoms with Gasteiger partial charge in [0.05, 0.1) is 0 Å². The van der Waals surface area contributed by atoms with Crippen molar-refractivity contribution >= 4 is 17.4 Å². The summed E-state index contributed by atoms with van der Waals surface area (Å²) in [5.41, 5.74) is 2.59. The van der Waals surface area contributed by atoms with Crippen LogP contribution in [0.4, 0.5) is 11.5 Å². The molecule has 2 aromatic rings. The Morgan fingerprint density at radius 1 is 1.17 bits per heavy atom. The van der Waals surface area contributed by atoms with Gasteiger partial charge in [-0.2, -0.15) is 0 Å². The highest BCUT2D eigenvalue weighted by Gasteiger charge is 2.08. The average Bonchev–Trinajstić information content (AvgIpc) is 2.56. The normalized spacial score (nSPS) is 10.6. The number of carbonyl (C=O) groups is 1. The molecule has 0 fully saturated rings. The van der Waals surface area contributed by atoms with Crippen LogP contribution in [0.25, 0.3) is 0 Å². The van der Waals surface area contributed by atoms with E-state index in [1.54, 1.807) is 6.07 Å². The first kappa shape index (κ1) is 16.9. The summed E-state index contributed by atoms with van der Waals surface area (Å²) in [5.74, 6) is 0.943. The third-order valence-electron chi connectivity index (χ3n) is 3.57. The first-order valence-corrected chi connectivity index (χ1v) is 8.07. The van der Waals surface area contributed by atoms with Crippen LogP contribution in [-0.4, -0.2) is 22.4 Å². The van der Waals surface area contributed by atoms with Crippen LogP contribution in [0.15, 0.2) is 36.7 Å². The molecule has 5 nitrogen and oxygen atoms in total. The molecule has 1 aromatic carbocycles. The molecule has 1 heterocycles. The lowest BCUT2D eigenvalue weighted by Crippen LogP contribution is -2.25. The fourth-order valence-corrected chi connectivity index (χ4v) is 2.12. The Morgan fingerprint density at radius 2 is 1.91 bits per heavy atom. The number of unbranched alkanes of at least 4 members (excludes halogenated alkanes) is 1. The van der Waals surface area contributed by atoms with E-state index in [1.807, 2.05) is 12.1 Å². The summed E-state index contributed by atoms with van der Waals surface area (Å²) in [6.45, 7) is 7.08. The van der Waals surface area contributed by atoms with E-state index in [-0.39, 0.29) is 5.91 Å². The monoisotopic (exact) mass is 312 g/mol. The number of hydrogen-bond acceptors (Lipinski definition) is 4. The fraction of sp³-hybridized carbons (Fsp3) is 0.389. The molecule has 0 unspecified atom stereocenters. The van der Waals surface area contributed by atoms with Gasteiger partial charge in [0.1, 0.15) is 17.8 Å². The summed E-state index contributed by atoms with van der Waals surface area (Å²) in [4.78, 5) is 20.2. The highest BCUT2D eigenvalue weighted by molar-refractivity contribution is 5.92. The van der Waals surface area contributed by atoms with Crippen molar-refractivity contribution < 1.29 is 4.79 Å². The Balaban J connectivity index is 2.03. The molecule has 0 aliphatic rings. The zero-order valence-electron chi connectivity index (χ0n) is 14.0. The maximum absolute atomic E-state index is 12.0. The molecule has 0 aliphatic heterocycles. The van der Waals surface area contributed by atoms with E-state index in [0.717, 1.165) is 18.5 Å². The Kier molecular flexibility index (Phi) is 6.09. The van der Waals surface area contributed by atoms with E-state index in [2.05, 4.69) is 53.5 Å². The minimum absolute atomic E-state index is 0.168. The SMILES string of the molecule is CCCCNC(=O)c1cc(Nc2ccc(C(C)C)cc2)ncn1. The molecular weight excluding hydrogens is 288 g/mol. The number of nitrogens with zero attached hydrogens (tertiary/aromatic N) is 2. The molecule has 0 radical (unpaired) electrons. The second-order valence-corrected chi connectivity index (χ2v) is 5.80. The number of benzene rings is 1. The number of hydrogen-bond donors (Lipinski definition) is 2. The van der Waals surface area contributed by atoms with Crippen LogP contribution in [0.5, 0.6) is 0 Å². The van der Waals surface area contributed by atoms with Crippen molar-refractivity contribution in [3.8, 4) is 0 Å². The minimum atomic E-state index is -0.168. The minimum Gasteiger partial charge on any atom is -0.351 e. The van der Waals surface area contributed by atoms with E-state index >= 15 is 0 Å². The van der Waals surface area contributed by atoms with Gasteiger partial charge in [0.25, 0.3) is 5.91 Å². The quantitative estimate of drug-likeness (QED) is 0.762. The average molecular weight is 312 g/mol. The molecule has 2 N–H and O–H groups in total. The summed E-state index contributed by atoms with van der Waals surface area (Å²) in [6.07, 6.45) is 3.41. The number of nitrogens with one attached hydrogen (secondary N) is 2. The Bertz CT molecular complexity index is 638. The van der Waals surface area contributed by atoms with Crippen molar-refractivity contribution in [2.75, 3.05) is 11.9 Å². The zero-order valence-corrected chi connectivity index (χ0v) is 14.0. The second kappa shape index (κ2) is 8.27. The number of amides is 1. The predicted molar refractivity (Wildman–Crippen MR) is 93.1 cm³/mol. The third kappa shape index (κ3) is 5.06. The Labute approximate surface area is 137 Å². The van der Waals surface area contributed by atoms with Crippen molar-refractivity contribution in [3.63, 3.8) is 0 Å². The van der Waals surface area contributed by atoms with Crippen molar-refractivity contribution in [3.05, 3.63) is 47.9 Å². The molecule has 1 amide bonds. The van der Waals surface area contributed by atoms with E-state index in [1.165, 1.54) is 11.9 Å². The van der Waals surface area contributed by atoms with Gasteiger partial charge in [-0.3, -0.25) is 4.79 Å². The van der Waals surface area contributed by atoms with Crippen molar-refractivity contribution in [2.24, 2.45) is 0 Å². The van der Waals surface area contributed by atoms with Gasteiger partial charge in [0, 0.05) is 18.3 Å². The van der Waals surface area contributed by atoms with Crippen molar-refractivity contribution in [1.82, 2.24) is 15.3 Å². The van der Waals surface area contributed by atoms with Gasteiger partial charge in [0.15, 0.2) is 0 Å². The summed E-state index contributed by atoms with van der Waals surface area (Å²) in [7, 11) is 0. The van der Waals surface area contributed by atoms with Crippen LogP contribution in [0.2, 0.25) is 0 Å².